The van der Waals surface area contributed by atoms with Crippen LogP contribution in [-0.4, -0.2) is 6.54 Å². The fraction of sp³-hybridized carbons (Fsp3) is 0.500. The van der Waals surface area contributed by atoms with E-state index in [0.717, 1.165) is 6.07 Å². The average molecular weight is 248 g/mol. The number of nitrogens with two attached hydrogens (primary N) is 1. The monoisotopic (exact) mass is 247 g/mol. The van der Waals surface area contributed by atoms with Gasteiger partial charge in [0.2, 0.25) is 0 Å². The van der Waals surface area contributed by atoms with E-state index in [1.165, 1.54) is 12.1 Å². The molecule has 0 heterocycles. The summed E-state index contributed by atoms with van der Waals surface area (Å²) in [6.45, 7) is 4.89. The maximum atomic E-state index is 14.8. The summed E-state index contributed by atoms with van der Waals surface area (Å²) in [7, 11) is 0. The Kier molecular flexibility index (Phi) is 3.60. The van der Waals surface area contributed by atoms with Crippen molar-refractivity contribution in [1.29, 1.82) is 0 Å². The summed E-state index contributed by atoms with van der Waals surface area (Å²) < 4.78 is 28.0. The molecule has 0 spiro atoms. The number of hydrogen-bond acceptors (Lipinski definition) is 1. The molecule has 90 valence electrons. The minimum Gasteiger partial charge on any atom is -0.327 e. The molecule has 0 aliphatic heterocycles. The number of benzene rings is 1. The van der Waals surface area contributed by atoms with E-state index in [4.69, 9.17) is 17.3 Å². The Hall–Kier alpha value is -0.670. The third kappa shape index (κ3) is 2.20. The van der Waals surface area contributed by atoms with Crippen LogP contribution in [0.1, 0.15) is 26.3 Å². The Morgan fingerprint density at radius 3 is 2.31 bits per heavy atom. The van der Waals surface area contributed by atoms with Crippen LogP contribution in [-0.2, 0) is 5.67 Å². The number of hydrogen-bond donors (Lipinski definition) is 1. The van der Waals surface area contributed by atoms with Gasteiger partial charge in [0.15, 0.2) is 5.67 Å². The lowest BCUT2D eigenvalue weighted by atomic mass is 9.73. The van der Waals surface area contributed by atoms with Crippen molar-refractivity contribution >= 4 is 11.6 Å². The van der Waals surface area contributed by atoms with Gasteiger partial charge in [0, 0.05) is 22.5 Å². The average Bonchev–Trinajstić information content (AvgIpc) is 2.19. The Bertz CT molecular complexity index is 387. The van der Waals surface area contributed by atoms with E-state index in [2.05, 4.69) is 0 Å². The van der Waals surface area contributed by atoms with Gasteiger partial charge >= 0.3 is 0 Å². The number of halogens is 3. The van der Waals surface area contributed by atoms with Crippen molar-refractivity contribution in [3.63, 3.8) is 0 Å². The van der Waals surface area contributed by atoms with Gasteiger partial charge in [-0.2, -0.15) is 0 Å². The zero-order valence-electron chi connectivity index (χ0n) is 9.65. The Labute approximate surface area is 99.6 Å². The van der Waals surface area contributed by atoms with Gasteiger partial charge in [-0.3, -0.25) is 0 Å². The first kappa shape index (κ1) is 13.4. The summed E-state index contributed by atoms with van der Waals surface area (Å²) in [5, 5.41) is 0.198. The molecule has 0 aliphatic rings. The number of rotatable bonds is 2. The molecule has 1 unspecified atom stereocenters. The molecule has 1 rings (SSSR count). The molecule has 0 saturated carbocycles. The Morgan fingerprint density at radius 2 is 1.88 bits per heavy atom. The SMILES string of the molecule is CC(C)(C)C(F)(CN)c1cc(F)ccc1Cl. The topological polar surface area (TPSA) is 26.0 Å². The summed E-state index contributed by atoms with van der Waals surface area (Å²) in [5.74, 6) is -0.515. The lowest BCUT2D eigenvalue weighted by molar-refractivity contribution is 0.0341. The zero-order chi connectivity index (χ0) is 12.6. The molecule has 0 bridgehead atoms. The van der Waals surface area contributed by atoms with E-state index >= 15 is 0 Å². The summed E-state index contributed by atoms with van der Waals surface area (Å²) in [5.41, 5.74) is 3.01. The third-order valence-corrected chi connectivity index (χ3v) is 3.15. The maximum Gasteiger partial charge on any atom is 0.154 e. The van der Waals surface area contributed by atoms with Crippen molar-refractivity contribution in [3.05, 3.63) is 34.6 Å². The molecule has 0 fully saturated rings. The summed E-state index contributed by atoms with van der Waals surface area (Å²) in [6.07, 6.45) is 0. The van der Waals surface area contributed by atoms with Gasteiger partial charge in [-0.25, -0.2) is 8.78 Å². The van der Waals surface area contributed by atoms with E-state index in [0.29, 0.717) is 0 Å². The first-order valence-electron chi connectivity index (χ1n) is 5.07. The molecule has 0 radical (unpaired) electrons. The van der Waals surface area contributed by atoms with E-state index in [1.54, 1.807) is 20.8 Å². The second-order valence-electron chi connectivity index (χ2n) is 4.88. The second-order valence-corrected chi connectivity index (χ2v) is 5.29. The van der Waals surface area contributed by atoms with Crippen LogP contribution >= 0.6 is 11.6 Å². The molecular formula is C12H16ClF2N. The maximum absolute atomic E-state index is 14.8. The molecule has 0 amide bonds. The third-order valence-electron chi connectivity index (χ3n) is 2.83. The van der Waals surface area contributed by atoms with Gasteiger partial charge < -0.3 is 5.73 Å². The van der Waals surface area contributed by atoms with Crippen molar-refractivity contribution in [2.24, 2.45) is 11.1 Å². The first-order valence-corrected chi connectivity index (χ1v) is 5.44. The highest BCUT2D eigenvalue weighted by Crippen LogP contribution is 2.44. The van der Waals surface area contributed by atoms with Crippen LogP contribution in [0.2, 0.25) is 5.02 Å². The molecule has 4 heteroatoms. The normalized spacial score (nSPS) is 15.9. The van der Waals surface area contributed by atoms with E-state index in [1.807, 2.05) is 0 Å². The van der Waals surface area contributed by atoms with E-state index in [-0.39, 0.29) is 17.1 Å². The summed E-state index contributed by atoms with van der Waals surface area (Å²) in [6, 6.07) is 3.66. The highest BCUT2D eigenvalue weighted by atomic mass is 35.5. The summed E-state index contributed by atoms with van der Waals surface area (Å²) >= 11 is 5.90. The van der Waals surface area contributed by atoms with Crippen LogP contribution in [0.15, 0.2) is 18.2 Å². The van der Waals surface area contributed by atoms with Crippen LogP contribution in [0.25, 0.3) is 0 Å². The van der Waals surface area contributed by atoms with Crippen LogP contribution in [0, 0.1) is 11.2 Å². The highest BCUT2D eigenvalue weighted by Gasteiger charge is 2.44. The molecule has 1 aromatic carbocycles. The minimum absolute atomic E-state index is 0.115. The molecule has 1 atom stereocenters. The lowest BCUT2D eigenvalue weighted by Crippen LogP contribution is -2.42. The van der Waals surface area contributed by atoms with Crippen molar-refractivity contribution in [3.8, 4) is 0 Å². The molecule has 16 heavy (non-hydrogen) atoms. The van der Waals surface area contributed by atoms with E-state index in [9.17, 15) is 8.78 Å². The summed E-state index contributed by atoms with van der Waals surface area (Å²) in [4.78, 5) is 0. The largest absolute Gasteiger partial charge is 0.327 e. The van der Waals surface area contributed by atoms with Crippen LogP contribution < -0.4 is 5.73 Å². The molecule has 0 aliphatic carbocycles. The fourth-order valence-corrected chi connectivity index (χ4v) is 1.89. The lowest BCUT2D eigenvalue weighted by Gasteiger charge is -2.37. The predicted octanol–water partition coefficient (Wildman–Crippen LogP) is 3.65. The quantitative estimate of drug-likeness (QED) is 0.848. The van der Waals surface area contributed by atoms with Crippen molar-refractivity contribution < 1.29 is 8.78 Å². The van der Waals surface area contributed by atoms with Gasteiger partial charge in [0.05, 0.1) is 0 Å². The van der Waals surface area contributed by atoms with E-state index < -0.39 is 16.9 Å². The molecule has 0 saturated heterocycles. The molecule has 0 aromatic heterocycles. The molecular weight excluding hydrogens is 232 g/mol. The fourth-order valence-electron chi connectivity index (χ4n) is 1.62. The zero-order valence-corrected chi connectivity index (χ0v) is 10.4. The van der Waals surface area contributed by atoms with Gasteiger partial charge in [-0.15, -0.1) is 0 Å². The van der Waals surface area contributed by atoms with Crippen molar-refractivity contribution in [1.82, 2.24) is 0 Å². The smallest absolute Gasteiger partial charge is 0.154 e. The standard InChI is InChI=1S/C12H16ClF2N/c1-11(2,3)12(15,7-16)9-6-8(14)4-5-10(9)13/h4-6H,7,16H2,1-3H3. The predicted molar refractivity (Wildman–Crippen MR) is 62.7 cm³/mol. The molecule has 2 N–H and O–H groups in total. The van der Waals surface area contributed by atoms with Crippen molar-refractivity contribution in [2.75, 3.05) is 6.54 Å². The van der Waals surface area contributed by atoms with Crippen molar-refractivity contribution in [2.45, 2.75) is 26.4 Å². The molecule has 1 aromatic rings. The Morgan fingerprint density at radius 1 is 1.31 bits per heavy atom. The van der Waals surface area contributed by atoms with Gasteiger partial charge in [0.25, 0.3) is 0 Å². The number of alkyl halides is 1. The highest BCUT2D eigenvalue weighted by molar-refractivity contribution is 6.31. The van der Waals surface area contributed by atoms with Crippen LogP contribution in [0.3, 0.4) is 0 Å². The second kappa shape index (κ2) is 4.30. The van der Waals surface area contributed by atoms with Gasteiger partial charge in [-0.05, 0) is 18.2 Å². The minimum atomic E-state index is -1.84. The van der Waals surface area contributed by atoms with Crippen LogP contribution in [0.4, 0.5) is 8.78 Å². The van der Waals surface area contributed by atoms with Gasteiger partial charge in [-0.1, -0.05) is 32.4 Å². The van der Waals surface area contributed by atoms with Crippen LogP contribution in [0.5, 0.6) is 0 Å². The molecule has 1 nitrogen and oxygen atoms in total. The van der Waals surface area contributed by atoms with Gasteiger partial charge in [0.1, 0.15) is 5.82 Å². The Balaban J connectivity index is 3.39. The first-order chi connectivity index (χ1) is 7.22.